The summed E-state index contributed by atoms with van der Waals surface area (Å²) in [4.78, 5) is 29.1. The zero-order chi connectivity index (χ0) is 27.3. The van der Waals surface area contributed by atoms with E-state index in [1.54, 1.807) is 29.0 Å². The Kier molecular flexibility index (Phi) is 9.44. The van der Waals surface area contributed by atoms with Crippen molar-refractivity contribution in [3.8, 4) is 0 Å². The molecule has 1 N–H and O–H groups in total. The first-order valence-corrected chi connectivity index (χ1v) is 15.4. The second-order valence-corrected chi connectivity index (χ2v) is 13.1. The first-order valence-electron chi connectivity index (χ1n) is 14.0. The molecule has 38 heavy (non-hydrogen) atoms. The van der Waals surface area contributed by atoms with Crippen LogP contribution in [0.3, 0.4) is 0 Å². The number of fused-ring (bicyclic) bond motifs is 1. The highest BCUT2D eigenvalue weighted by Crippen LogP contribution is 2.24. The summed E-state index contributed by atoms with van der Waals surface area (Å²) < 4.78 is 30.1. The zero-order valence-electron chi connectivity index (χ0n) is 22.8. The Bertz CT molecular complexity index is 1300. The maximum absolute atomic E-state index is 13.5. The number of rotatable bonds is 9. The van der Waals surface area contributed by atoms with Gasteiger partial charge < -0.3 is 14.8 Å². The summed E-state index contributed by atoms with van der Waals surface area (Å²) in [5, 5.41) is 3.14. The molecule has 3 heterocycles. The number of hydrogen-bond acceptors (Lipinski definition) is 5. The molecule has 0 unspecified atom stereocenters. The molecule has 8 nitrogen and oxygen atoms in total. The number of benzene rings is 1. The van der Waals surface area contributed by atoms with Gasteiger partial charge in [0.2, 0.25) is 15.5 Å². The fourth-order valence-electron chi connectivity index (χ4n) is 5.99. The molecular formula is C29H42N4O4S. The van der Waals surface area contributed by atoms with E-state index in [4.69, 9.17) is 0 Å². The van der Waals surface area contributed by atoms with E-state index in [0.717, 1.165) is 51.7 Å². The molecule has 4 rings (SSSR count). The zero-order valence-corrected chi connectivity index (χ0v) is 23.6. The van der Waals surface area contributed by atoms with Crippen LogP contribution >= 0.6 is 0 Å². The van der Waals surface area contributed by atoms with Crippen molar-refractivity contribution in [2.75, 3.05) is 39.3 Å². The number of sulfonamides is 1. The van der Waals surface area contributed by atoms with E-state index >= 15 is 0 Å². The molecule has 0 spiro atoms. The third kappa shape index (κ3) is 6.55. The molecule has 2 aliphatic rings. The fourth-order valence-corrected chi connectivity index (χ4v) is 7.54. The monoisotopic (exact) mass is 542 g/mol. The van der Waals surface area contributed by atoms with Gasteiger partial charge in [0, 0.05) is 50.9 Å². The van der Waals surface area contributed by atoms with Gasteiger partial charge in [-0.3, -0.25) is 9.59 Å². The summed E-state index contributed by atoms with van der Waals surface area (Å²) in [5.74, 6) is 0.931. The maximum Gasteiger partial charge on any atom is 0.256 e. The van der Waals surface area contributed by atoms with Crippen molar-refractivity contribution in [3.63, 3.8) is 0 Å². The fraction of sp³-hybridized carbons (Fsp3) is 0.586. The highest BCUT2D eigenvalue weighted by molar-refractivity contribution is 7.89. The number of nitrogens with zero attached hydrogens (tertiary/aromatic N) is 3. The van der Waals surface area contributed by atoms with E-state index < -0.39 is 21.4 Å². The Balaban J connectivity index is 1.55. The lowest BCUT2D eigenvalue weighted by atomic mass is 9.92. The van der Waals surface area contributed by atoms with Crippen molar-refractivity contribution in [1.82, 2.24) is 19.1 Å². The number of piperidine rings is 1. The molecule has 2 aliphatic heterocycles. The number of allylic oxidation sites excluding steroid dienone is 1. The van der Waals surface area contributed by atoms with Gasteiger partial charge >= 0.3 is 0 Å². The minimum Gasteiger partial charge on any atom is -0.352 e. The van der Waals surface area contributed by atoms with Crippen LogP contribution < -0.4 is 10.7 Å². The largest absolute Gasteiger partial charge is 0.352 e. The van der Waals surface area contributed by atoms with E-state index in [1.807, 2.05) is 0 Å². The van der Waals surface area contributed by atoms with Gasteiger partial charge in [0.25, 0.3) is 5.91 Å². The Morgan fingerprint density at radius 1 is 1.11 bits per heavy atom. The minimum absolute atomic E-state index is 0.0175. The highest BCUT2D eigenvalue weighted by Gasteiger charge is 2.26. The van der Waals surface area contributed by atoms with Crippen molar-refractivity contribution in [2.24, 2.45) is 11.8 Å². The topological polar surface area (TPSA) is 91.7 Å². The second-order valence-electron chi connectivity index (χ2n) is 11.1. The van der Waals surface area contributed by atoms with E-state index in [0.29, 0.717) is 43.5 Å². The number of nitrogens with one attached hydrogen (secondary N) is 1. The third-order valence-electron chi connectivity index (χ3n) is 7.71. The van der Waals surface area contributed by atoms with Gasteiger partial charge in [0.1, 0.15) is 5.56 Å². The Hall–Kier alpha value is -2.49. The lowest BCUT2D eigenvalue weighted by molar-refractivity contribution is 0.0945. The van der Waals surface area contributed by atoms with Crippen LogP contribution in [0, 0.1) is 11.8 Å². The smallest absolute Gasteiger partial charge is 0.256 e. The maximum atomic E-state index is 13.5. The predicted octanol–water partition coefficient (Wildman–Crippen LogP) is 3.85. The van der Waals surface area contributed by atoms with E-state index in [9.17, 15) is 18.0 Å². The van der Waals surface area contributed by atoms with E-state index in [1.165, 1.54) is 16.8 Å². The summed E-state index contributed by atoms with van der Waals surface area (Å²) in [6, 6.07) is 4.66. The van der Waals surface area contributed by atoms with Crippen LogP contribution in [0.4, 0.5) is 0 Å². The normalized spacial score (nSPS) is 21.7. The SMILES string of the molecule is C=CCn1cc(C(=O)NCCCN2C[C@H](C)C[C@@H](C)C2)c(=O)c2cc(S(=O)(=O)N3CCCCCC3)ccc21. The number of likely N-dealkylation sites (tertiary alicyclic amines) is 1. The van der Waals surface area contributed by atoms with Crippen LogP contribution in [0.25, 0.3) is 10.9 Å². The number of carbonyl (C=O) groups excluding carboxylic acids is 1. The minimum atomic E-state index is -3.73. The van der Waals surface area contributed by atoms with Gasteiger partial charge in [-0.05, 0) is 62.3 Å². The van der Waals surface area contributed by atoms with Gasteiger partial charge in [-0.2, -0.15) is 4.31 Å². The first kappa shape index (κ1) is 28.5. The number of aromatic nitrogens is 1. The molecule has 0 bridgehead atoms. The number of carbonyl (C=O) groups is 1. The second kappa shape index (κ2) is 12.6. The highest BCUT2D eigenvalue weighted by atomic mass is 32.2. The summed E-state index contributed by atoms with van der Waals surface area (Å²) >= 11 is 0. The van der Waals surface area contributed by atoms with Gasteiger partial charge in [-0.15, -0.1) is 6.58 Å². The number of hydrogen-bond donors (Lipinski definition) is 1. The average Bonchev–Trinajstić information content (AvgIpc) is 3.18. The van der Waals surface area contributed by atoms with E-state index in [-0.39, 0.29) is 15.8 Å². The van der Waals surface area contributed by atoms with Gasteiger partial charge in [-0.1, -0.05) is 32.8 Å². The summed E-state index contributed by atoms with van der Waals surface area (Å²) in [6.07, 6.45) is 9.01. The van der Waals surface area contributed by atoms with Crippen molar-refractivity contribution < 1.29 is 13.2 Å². The molecule has 0 radical (unpaired) electrons. The molecule has 0 saturated carbocycles. The van der Waals surface area contributed by atoms with Crippen LogP contribution in [-0.2, 0) is 16.6 Å². The van der Waals surface area contributed by atoms with Crippen molar-refractivity contribution >= 4 is 26.8 Å². The van der Waals surface area contributed by atoms with E-state index in [2.05, 4.69) is 30.6 Å². The van der Waals surface area contributed by atoms with Gasteiger partial charge in [-0.25, -0.2) is 8.42 Å². The lowest BCUT2D eigenvalue weighted by Crippen LogP contribution is -2.40. The van der Waals surface area contributed by atoms with Gasteiger partial charge in [0.15, 0.2) is 0 Å². The molecule has 2 aromatic rings. The summed E-state index contributed by atoms with van der Waals surface area (Å²) in [7, 11) is -3.73. The molecule has 2 fully saturated rings. The average molecular weight is 543 g/mol. The molecule has 1 amide bonds. The molecule has 9 heteroatoms. The van der Waals surface area contributed by atoms with Crippen LogP contribution in [0.5, 0.6) is 0 Å². The summed E-state index contributed by atoms with van der Waals surface area (Å²) in [6.45, 7) is 13.3. The third-order valence-corrected chi connectivity index (χ3v) is 9.60. The molecule has 0 aliphatic carbocycles. The predicted molar refractivity (Wildman–Crippen MR) is 152 cm³/mol. The molecular weight excluding hydrogens is 500 g/mol. The van der Waals surface area contributed by atoms with Crippen LogP contribution in [0.15, 0.2) is 46.7 Å². The standard InChI is InChI=1S/C29H42N4O4S/c1-4-13-32-21-26(29(35)30-12-9-14-31-19-22(2)17-23(3)20-31)28(34)25-18-24(10-11-27(25)32)38(36,37)33-15-7-5-6-8-16-33/h4,10-11,18,21-23H,1,5-9,12-17,19-20H2,2-3H3,(H,30,35)/t22-,23-/m1/s1. The van der Waals surface area contributed by atoms with Crippen LogP contribution in [0.1, 0.15) is 62.7 Å². The Morgan fingerprint density at radius 2 is 1.79 bits per heavy atom. The lowest BCUT2D eigenvalue weighted by Gasteiger charge is -2.34. The molecule has 1 aromatic carbocycles. The molecule has 2 saturated heterocycles. The van der Waals surface area contributed by atoms with Crippen molar-refractivity contribution in [2.45, 2.75) is 63.8 Å². The first-order chi connectivity index (χ1) is 18.2. The van der Waals surface area contributed by atoms with Crippen molar-refractivity contribution in [1.29, 1.82) is 0 Å². The Labute approximate surface area is 226 Å². The molecule has 1 aromatic heterocycles. The number of amides is 1. The van der Waals surface area contributed by atoms with Crippen molar-refractivity contribution in [3.05, 3.63) is 52.8 Å². The van der Waals surface area contributed by atoms with Crippen LogP contribution in [-0.4, -0.2) is 67.4 Å². The molecule has 208 valence electrons. The number of pyridine rings is 1. The molecule has 2 atom stereocenters. The van der Waals surface area contributed by atoms with Gasteiger partial charge in [0.05, 0.1) is 10.4 Å². The Morgan fingerprint density at radius 3 is 2.45 bits per heavy atom. The summed E-state index contributed by atoms with van der Waals surface area (Å²) in [5.41, 5.74) is 0.142. The van der Waals surface area contributed by atoms with Crippen LogP contribution in [0.2, 0.25) is 0 Å². The quantitative estimate of drug-likeness (QED) is 0.384.